The maximum atomic E-state index is 10.8. The van der Waals surface area contributed by atoms with Crippen LogP contribution in [-0.4, -0.2) is 18.2 Å². The zero-order valence-corrected chi connectivity index (χ0v) is 10.6. The van der Waals surface area contributed by atoms with Gasteiger partial charge in [-0.2, -0.15) is 0 Å². The molecule has 4 heteroatoms. The molecule has 0 unspecified atom stereocenters. The summed E-state index contributed by atoms with van der Waals surface area (Å²) in [6.45, 7) is 4.11. The quantitative estimate of drug-likeness (QED) is 0.660. The maximum Gasteiger partial charge on any atom is 0.186 e. The monoisotopic (exact) mass is 265 g/mol. The molecule has 0 bridgehead atoms. The molecule has 2 nitrogen and oxygen atoms in total. The minimum atomic E-state index is 0.0185. The second-order valence-corrected chi connectivity index (χ2v) is 2.55. The standard InChI is InChI=1S/C6H7NOS.C2H6.CH3Br/c7-4-5(8)6-2-1-3-9-6;2*1-2/h1-3H,4,7H2;1-2H3;1H3. The molecule has 0 fully saturated rings. The van der Waals surface area contributed by atoms with Crippen LogP contribution < -0.4 is 5.73 Å². The number of Topliss-reactive ketones (excluding diaryl/α,β-unsaturated/α-hetero) is 1. The molecule has 1 aromatic heterocycles. The van der Waals surface area contributed by atoms with Gasteiger partial charge >= 0.3 is 0 Å². The molecule has 0 aliphatic heterocycles. The fourth-order valence-electron chi connectivity index (χ4n) is 0.538. The number of carbonyl (C=O) groups excluding carboxylic acids is 1. The average molecular weight is 266 g/mol. The summed E-state index contributed by atoms with van der Waals surface area (Å²) in [4.78, 5) is 11.5. The van der Waals surface area contributed by atoms with E-state index in [9.17, 15) is 4.79 Å². The Balaban J connectivity index is 0. The molecule has 1 aromatic rings. The molecule has 0 saturated carbocycles. The van der Waals surface area contributed by atoms with E-state index in [4.69, 9.17) is 5.73 Å². The lowest BCUT2D eigenvalue weighted by molar-refractivity contribution is 0.100. The van der Waals surface area contributed by atoms with Gasteiger partial charge in [0.05, 0.1) is 11.4 Å². The zero-order chi connectivity index (χ0) is 10.7. The van der Waals surface area contributed by atoms with E-state index < -0.39 is 0 Å². The van der Waals surface area contributed by atoms with Gasteiger partial charge in [0.15, 0.2) is 5.78 Å². The Kier molecular flexibility index (Phi) is 13.9. The van der Waals surface area contributed by atoms with Crippen molar-refractivity contribution in [2.45, 2.75) is 13.8 Å². The number of rotatable bonds is 2. The summed E-state index contributed by atoms with van der Waals surface area (Å²) in [7, 11) is 0. The molecule has 76 valence electrons. The van der Waals surface area contributed by atoms with E-state index in [1.807, 2.05) is 31.1 Å². The predicted molar refractivity (Wildman–Crippen MR) is 63.9 cm³/mol. The number of halogens is 1. The Morgan fingerprint density at radius 2 is 2.08 bits per heavy atom. The van der Waals surface area contributed by atoms with E-state index in [0.29, 0.717) is 0 Å². The first-order chi connectivity index (χ1) is 6.34. The summed E-state index contributed by atoms with van der Waals surface area (Å²) in [5, 5.41) is 1.86. The van der Waals surface area contributed by atoms with E-state index in [1.54, 1.807) is 6.07 Å². The van der Waals surface area contributed by atoms with Crippen molar-refractivity contribution in [2.75, 3.05) is 12.4 Å². The van der Waals surface area contributed by atoms with Crippen molar-refractivity contribution in [1.82, 2.24) is 0 Å². The van der Waals surface area contributed by atoms with Gasteiger partial charge in [-0.1, -0.05) is 35.8 Å². The Bertz CT molecular complexity index is 199. The molecular weight excluding hydrogens is 250 g/mol. The Morgan fingerprint density at radius 1 is 1.54 bits per heavy atom. The van der Waals surface area contributed by atoms with Gasteiger partial charge < -0.3 is 5.73 Å². The van der Waals surface area contributed by atoms with Crippen molar-refractivity contribution < 1.29 is 4.79 Å². The number of thiophene rings is 1. The van der Waals surface area contributed by atoms with Crippen molar-refractivity contribution in [1.29, 1.82) is 0 Å². The number of carbonyl (C=O) groups is 1. The van der Waals surface area contributed by atoms with Crippen LogP contribution in [0.1, 0.15) is 23.5 Å². The van der Waals surface area contributed by atoms with Crippen LogP contribution in [0.15, 0.2) is 17.5 Å². The third-order valence-corrected chi connectivity index (χ3v) is 1.89. The van der Waals surface area contributed by atoms with Crippen molar-refractivity contribution in [3.05, 3.63) is 22.4 Å². The second kappa shape index (κ2) is 11.8. The van der Waals surface area contributed by atoms with Crippen LogP contribution in [0.5, 0.6) is 0 Å². The molecular formula is C9H16BrNOS. The van der Waals surface area contributed by atoms with Crippen LogP contribution in [0.4, 0.5) is 0 Å². The lowest BCUT2D eigenvalue weighted by Gasteiger charge is -1.86. The highest BCUT2D eigenvalue weighted by Gasteiger charge is 2.01. The first-order valence-electron chi connectivity index (χ1n) is 3.99. The minimum Gasteiger partial charge on any atom is -0.324 e. The van der Waals surface area contributed by atoms with E-state index in [1.165, 1.54) is 11.3 Å². The number of hydrogen-bond acceptors (Lipinski definition) is 3. The molecule has 0 atom stereocenters. The number of alkyl halides is 1. The summed E-state index contributed by atoms with van der Waals surface area (Å²) in [6, 6.07) is 3.62. The van der Waals surface area contributed by atoms with Crippen LogP contribution in [0.25, 0.3) is 0 Å². The normalized spacial score (nSPS) is 7.46. The number of nitrogens with two attached hydrogens (primary N) is 1. The molecule has 1 heterocycles. The van der Waals surface area contributed by atoms with Crippen molar-refractivity contribution in [3.8, 4) is 0 Å². The highest BCUT2D eigenvalue weighted by atomic mass is 79.9. The third kappa shape index (κ3) is 6.93. The van der Waals surface area contributed by atoms with Gasteiger partial charge in [-0.05, 0) is 17.3 Å². The number of hydrogen-bond donors (Lipinski definition) is 1. The van der Waals surface area contributed by atoms with Crippen LogP contribution in [0.2, 0.25) is 0 Å². The summed E-state index contributed by atoms with van der Waals surface area (Å²) in [5.74, 6) is 1.83. The molecule has 0 aromatic carbocycles. The lowest BCUT2D eigenvalue weighted by Crippen LogP contribution is -2.11. The van der Waals surface area contributed by atoms with Crippen molar-refractivity contribution >= 4 is 33.0 Å². The van der Waals surface area contributed by atoms with Crippen LogP contribution >= 0.6 is 27.3 Å². The SMILES string of the molecule is CBr.CC.NCC(=O)c1cccs1. The molecule has 0 saturated heterocycles. The van der Waals surface area contributed by atoms with E-state index in [-0.39, 0.29) is 12.3 Å². The molecule has 0 aliphatic rings. The zero-order valence-electron chi connectivity index (χ0n) is 8.21. The third-order valence-electron chi connectivity index (χ3n) is 0.981. The largest absolute Gasteiger partial charge is 0.324 e. The van der Waals surface area contributed by atoms with Gasteiger partial charge in [0.2, 0.25) is 0 Å². The van der Waals surface area contributed by atoms with Crippen LogP contribution in [0.3, 0.4) is 0 Å². The molecule has 2 N–H and O–H groups in total. The highest BCUT2D eigenvalue weighted by Crippen LogP contribution is 2.07. The van der Waals surface area contributed by atoms with Gasteiger partial charge in [0.25, 0.3) is 0 Å². The molecule has 0 spiro atoms. The van der Waals surface area contributed by atoms with Crippen LogP contribution in [-0.2, 0) is 0 Å². The van der Waals surface area contributed by atoms with E-state index >= 15 is 0 Å². The first kappa shape index (κ1) is 15.3. The fraction of sp³-hybridized carbons (Fsp3) is 0.444. The molecule has 13 heavy (non-hydrogen) atoms. The van der Waals surface area contributed by atoms with Gasteiger partial charge in [-0.15, -0.1) is 11.3 Å². The molecule has 0 radical (unpaired) electrons. The predicted octanol–water partition coefficient (Wildman–Crippen LogP) is 2.93. The minimum absolute atomic E-state index is 0.0185. The van der Waals surface area contributed by atoms with E-state index in [0.717, 1.165) is 4.88 Å². The number of ketones is 1. The van der Waals surface area contributed by atoms with Crippen molar-refractivity contribution in [2.24, 2.45) is 5.73 Å². The van der Waals surface area contributed by atoms with Crippen LogP contribution in [0, 0.1) is 0 Å². The summed E-state index contributed by atoms with van der Waals surface area (Å²) < 4.78 is 0. The van der Waals surface area contributed by atoms with Gasteiger partial charge in [0.1, 0.15) is 0 Å². The first-order valence-corrected chi connectivity index (χ1v) is 6.45. The average Bonchev–Trinajstić information content (AvgIpc) is 2.76. The van der Waals surface area contributed by atoms with Gasteiger partial charge in [-0.25, -0.2) is 0 Å². The van der Waals surface area contributed by atoms with Gasteiger partial charge in [-0.3, -0.25) is 4.79 Å². The Labute approximate surface area is 92.3 Å². The second-order valence-electron chi connectivity index (χ2n) is 1.60. The highest BCUT2D eigenvalue weighted by molar-refractivity contribution is 9.08. The summed E-state index contributed by atoms with van der Waals surface area (Å²) in [6.07, 6.45) is 0. The summed E-state index contributed by atoms with van der Waals surface area (Å²) in [5.41, 5.74) is 5.12. The van der Waals surface area contributed by atoms with Gasteiger partial charge in [0, 0.05) is 0 Å². The van der Waals surface area contributed by atoms with Crippen molar-refractivity contribution in [3.63, 3.8) is 0 Å². The molecule has 0 aliphatic carbocycles. The topological polar surface area (TPSA) is 43.1 Å². The Morgan fingerprint density at radius 3 is 2.38 bits per heavy atom. The molecule has 0 amide bonds. The Hall–Kier alpha value is -0.190. The fourth-order valence-corrected chi connectivity index (χ4v) is 1.21. The maximum absolute atomic E-state index is 10.8. The lowest BCUT2D eigenvalue weighted by atomic mass is 10.3. The smallest absolute Gasteiger partial charge is 0.186 e. The van der Waals surface area contributed by atoms with E-state index in [2.05, 4.69) is 15.9 Å². The molecule has 1 rings (SSSR count). The summed E-state index contributed by atoms with van der Waals surface area (Å²) >= 11 is 4.36.